The molecular formula is C12H22N2O3S2. The standard InChI is InChI=1S/C12H22N2O3S2/c1-5-10(8-18-4)14(3)19(15,16)12-6-11(7-13)17-9(12)2/h6,10H,5,7-8,13H2,1-4H3. The van der Waals surface area contributed by atoms with Crippen molar-refractivity contribution in [1.82, 2.24) is 4.31 Å². The summed E-state index contributed by atoms with van der Waals surface area (Å²) in [6.07, 6.45) is 2.75. The van der Waals surface area contributed by atoms with Crippen molar-refractivity contribution < 1.29 is 12.8 Å². The summed E-state index contributed by atoms with van der Waals surface area (Å²) in [5.74, 6) is 1.65. The van der Waals surface area contributed by atoms with Gasteiger partial charge in [-0.15, -0.1) is 0 Å². The maximum absolute atomic E-state index is 12.6. The highest BCUT2D eigenvalue weighted by atomic mass is 32.2. The second kappa shape index (κ2) is 6.78. The van der Waals surface area contributed by atoms with Crippen LogP contribution in [0.25, 0.3) is 0 Å². The Morgan fingerprint density at radius 2 is 2.16 bits per heavy atom. The molecule has 19 heavy (non-hydrogen) atoms. The molecule has 0 aliphatic carbocycles. The lowest BCUT2D eigenvalue weighted by Crippen LogP contribution is -2.38. The van der Waals surface area contributed by atoms with Crippen LogP contribution in [0.2, 0.25) is 0 Å². The quantitative estimate of drug-likeness (QED) is 0.831. The number of sulfonamides is 1. The van der Waals surface area contributed by atoms with Crippen LogP contribution in [0, 0.1) is 6.92 Å². The molecule has 1 atom stereocenters. The van der Waals surface area contributed by atoms with Gasteiger partial charge < -0.3 is 10.2 Å². The fraction of sp³-hybridized carbons (Fsp3) is 0.667. The lowest BCUT2D eigenvalue weighted by molar-refractivity contribution is 0.384. The number of rotatable bonds is 7. The van der Waals surface area contributed by atoms with Gasteiger partial charge >= 0.3 is 0 Å². The molecule has 1 unspecified atom stereocenters. The third kappa shape index (κ3) is 3.53. The van der Waals surface area contributed by atoms with Crippen molar-refractivity contribution in [3.63, 3.8) is 0 Å². The van der Waals surface area contributed by atoms with Crippen LogP contribution < -0.4 is 5.73 Å². The highest BCUT2D eigenvalue weighted by molar-refractivity contribution is 7.98. The number of nitrogens with two attached hydrogens (primary N) is 1. The Morgan fingerprint density at radius 1 is 1.53 bits per heavy atom. The lowest BCUT2D eigenvalue weighted by Gasteiger charge is -2.25. The van der Waals surface area contributed by atoms with Crippen LogP contribution in [-0.2, 0) is 16.6 Å². The Hall–Kier alpha value is -0.500. The van der Waals surface area contributed by atoms with Gasteiger partial charge in [-0.25, -0.2) is 8.42 Å². The van der Waals surface area contributed by atoms with E-state index in [1.165, 1.54) is 10.4 Å². The maximum Gasteiger partial charge on any atom is 0.246 e. The molecule has 1 rings (SSSR count). The Bertz CT molecular complexity index is 511. The molecule has 0 fully saturated rings. The van der Waals surface area contributed by atoms with Crippen LogP contribution in [-0.4, -0.2) is 37.8 Å². The molecule has 2 N–H and O–H groups in total. The van der Waals surface area contributed by atoms with E-state index in [1.54, 1.807) is 25.7 Å². The zero-order valence-corrected chi connectivity index (χ0v) is 13.5. The van der Waals surface area contributed by atoms with Crippen molar-refractivity contribution in [2.24, 2.45) is 5.73 Å². The van der Waals surface area contributed by atoms with Crippen LogP contribution in [0.4, 0.5) is 0 Å². The van der Waals surface area contributed by atoms with E-state index in [0.29, 0.717) is 11.5 Å². The average Bonchev–Trinajstić information content (AvgIpc) is 2.77. The van der Waals surface area contributed by atoms with E-state index in [1.807, 2.05) is 13.2 Å². The van der Waals surface area contributed by atoms with E-state index in [2.05, 4.69) is 0 Å². The fourth-order valence-electron chi connectivity index (χ4n) is 1.90. The summed E-state index contributed by atoms with van der Waals surface area (Å²) in [5, 5.41) is 0. The molecule has 0 saturated carbocycles. The van der Waals surface area contributed by atoms with Crippen LogP contribution in [0.15, 0.2) is 15.4 Å². The van der Waals surface area contributed by atoms with Gasteiger partial charge in [-0.05, 0) is 19.6 Å². The summed E-state index contributed by atoms with van der Waals surface area (Å²) < 4.78 is 31.9. The van der Waals surface area contributed by atoms with Crippen LogP contribution in [0.3, 0.4) is 0 Å². The molecule has 110 valence electrons. The lowest BCUT2D eigenvalue weighted by atomic mass is 10.3. The molecule has 0 radical (unpaired) electrons. The molecule has 1 aromatic heterocycles. The van der Waals surface area contributed by atoms with E-state index in [4.69, 9.17) is 10.2 Å². The molecule has 1 heterocycles. The second-order valence-electron chi connectivity index (χ2n) is 4.38. The fourth-order valence-corrected chi connectivity index (χ4v) is 4.45. The van der Waals surface area contributed by atoms with E-state index < -0.39 is 10.0 Å². The monoisotopic (exact) mass is 306 g/mol. The molecule has 1 aromatic rings. The van der Waals surface area contributed by atoms with Gasteiger partial charge in [-0.3, -0.25) is 0 Å². The van der Waals surface area contributed by atoms with Gasteiger partial charge in [0.05, 0.1) is 6.54 Å². The number of hydrogen-bond donors (Lipinski definition) is 1. The van der Waals surface area contributed by atoms with Gasteiger partial charge in [0.1, 0.15) is 16.4 Å². The van der Waals surface area contributed by atoms with Gasteiger partial charge in [0.25, 0.3) is 0 Å². The van der Waals surface area contributed by atoms with Crippen molar-refractivity contribution in [3.8, 4) is 0 Å². The Balaban J connectivity index is 3.11. The van der Waals surface area contributed by atoms with E-state index >= 15 is 0 Å². The average molecular weight is 306 g/mol. The minimum Gasteiger partial charge on any atom is -0.464 e. The van der Waals surface area contributed by atoms with Gasteiger partial charge in [0, 0.05) is 24.9 Å². The van der Waals surface area contributed by atoms with Gasteiger partial charge in [0.2, 0.25) is 10.0 Å². The van der Waals surface area contributed by atoms with Crippen molar-refractivity contribution in [2.45, 2.75) is 37.8 Å². The van der Waals surface area contributed by atoms with Crippen LogP contribution >= 0.6 is 11.8 Å². The van der Waals surface area contributed by atoms with E-state index in [9.17, 15) is 8.42 Å². The number of nitrogens with zero attached hydrogens (tertiary/aromatic N) is 1. The minimum absolute atomic E-state index is 0.0179. The molecule has 0 aliphatic rings. The summed E-state index contributed by atoms with van der Waals surface area (Å²) >= 11 is 1.64. The number of furan rings is 1. The normalized spacial score (nSPS) is 14.0. The predicted octanol–water partition coefficient (Wildman–Crippen LogP) is 1.81. The first-order valence-corrected chi connectivity index (χ1v) is 8.98. The first-order chi connectivity index (χ1) is 8.88. The number of aryl methyl sites for hydroxylation is 1. The molecule has 0 spiro atoms. The molecule has 0 bridgehead atoms. The zero-order chi connectivity index (χ0) is 14.6. The van der Waals surface area contributed by atoms with Crippen LogP contribution in [0.1, 0.15) is 24.9 Å². The van der Waals surface area contributed by atoms with E-state index in [-0.39, 0.29) is 17.5 Å². The minimum atomic E-state index is -3.52. The summed E-state index contributed by atoms with van der Waals surface area (Å²) in [4.78, 5) is 0.218. The number of thioether (sulfide) groups is 1. The first-order valence-electron chi connectivity index (χ1n) is 6.14. The van der Waals surface area contributed by atoms with Gasteiger partial charge in [-0.2, -0.15) is 16.1 Å². The highest BCUT2D eigenvalue weighted by Gasteiger charge is 2.30. The van der Waals surface area contributed by atoms with Gasteiger partial charge in [-0.1, -0.05) is 6.92 Å². The second-order valence-corrected chi connectivity index (χ2v) is 7.25. The Morgan fingerprint density at radius 3 is 2.58 bits per heavy atom. The maximum atomic E-state index is 12.6. The van der Waals surface area contributed by atoms with Crippen molar-refractivity contribution >= 4 is 21.8 Å². The third-order valence-electron chi connectivity index (χ3n) is 3.13. The topological polar surface area (TPSA) is 76.5 Å². The summed E-state index contributed by atoms with van der Waals surface area (Å²) in [5.41, 5.74) is 5.48. The zero-order valence-electron chi connectivity index (χ0n) is 11.8. The van der Waals surface area contributed by atoms with Gasteiger partial charge in [0.15, 0.2) is 0 Å². The van der Waals surface area contributed by atoms with Crippen molar-refractivity contribution in [3.05, 3.63) is 17.6 Å². The molecule has 0 amide bonds. The molecule has 5 nitrogen and oxygen atoms in total. The predicted molar refractivity (Wildman–Crippen MR) is 78.7 cm³/mol. The SMILES string of the molecule is CCC(CSC)N(C)S(=O)(=O)c1cc(CN)oc1C. The number of hydrogen-bond acceptors (Lipinski definition) is 5. The highest BCUT2D eigenvalue weighted by Crippen LogP contribution is 2.25. The van der Waals surface area contributed by atoms with Crippen molar-refractivity contribution in [2.75, 3.05) is 19.1 Å². The Labute approximate surface area is 119 Å². The summed E-state index contributed by atoms with van der Waals surface area (Å²) in [6, 6.07) is 1.50. The van der Waals surface area contributed by atoms with E-state index in [0.717, 1.165) is 12.2 Å². The summed E-state index contributed by atoms with van der Waals surface area (Å²) in [6.45, 7) is 3.83. The first kappa shape index (κ1) is 16.6. The smallest absolute Gasteiger partial charge is 0.246 e. The molecule has 7 heteroatoms. The summed E-state index contributed by atoms with van der Waals surface area (Å²) in [7, 11) is -1.90. The molecular weight excluding hydrogens is 284 g/mol. The Kier molecular flexibility index (Phi) is 5.91. The molecule has 0 aliphatic heterocycles. The van der Waals surface area contributed by atoms with Crippen molar-refractivity contribution in [1.29, 1.82) is 0 Å². The largest absolute Gasteiger partial charge is 0.464 e. The third-order valence-corrected chi connectivity index (χ3v) is 5.86. The molecule has 0 aromatic carbocycles. The van der Waals surface area contributed by atoms with Crippen LogP contribution in [0.5, 0.6) is 0 Å². The molecule has 0 saturated heterocycles.